The Bertz CT molecular complexity index is 828. The molecule has 1 saturated heterocycles. The summed E-state index contributed by atoms with van der Waals surface area (Å²) in [4.78, 5) is 13.0. The maximum Gasteiger partial charge on any atom is 0.281 e. The molecule has 0 bridgehead atoms. The van der Waals surface area contributed by atoms with Crippen LogP contribution in [0.2, 0.25) is 0 Å². The first-order valence-corrected chi connectivity index (χ1v) is 11.9. The van der Waals surface area contributed by atoms with E-state index in [9.17, 15) is 13.2 Å². The van der Waals surface area contributed by atoms with Crippen molar-refractivity contribution in [1.29, 1.82) is 0 Å². The predicted molar refractivity (Wildman–Crippen MR) is 113 cm³/mol. The second kappa shape index (κ2) is 8.62. The molecule has 7 nitrogen and oxygen atoms in total. The molecular formula is C21H33N3O4S. The molecule has 1 fully saturated rings. The van der Waals surface area contributed by atoms with Crippen molar-refractivity contribution in [3.8, 4) is 5.75 Å². The Kier molecular flexibility index (Phi) is 6.55. The number of hydrogen-bond acceptors (Lipinski definition) is 4. The van der Waals surface area contributed by atoms with Crippen LogP contribution in [0.3, 0.4) is 0 Å². The first kappa shape index (κ1) is 22.1. The second-order valence-electron chi connectivity index (χ2n) is 8.26. The van der Waals surface area contributed by atoms with E-state index >= 15 is 0 Å². The lowest BCUT2D eigenvalue weighted by molar-refractivity contribution is -0.127. The van der Waals surface area contributed by atoms with Crippen molar-refractivity contribution in [1.82, 2.24) is 13.9 Å². The Morgan fingerprint density at radius 2 is 1.83 bits per heavy atom. The highest BCUT2D eigenvalue weighted by Gasteiger charge is 2.40. The first-order valence-electron chi connectivity index (χ1n) is 10.5. The van der Waals surface area contributed by atoms with E-state index in [4.69, 9.17) is 4.74 Å². The predicted octanol–water partition coefficient (Wildman–Crippen LogP) is 2.70. The first-order chi connectivity index (χ1) is 13.7. The van der Waals surface area contributed by atoms with Crippen LogP contribution in [0.5, 0.6) is 5.75 Å². The van der Waals surface area contributed by atoms with E-state index in [1.54, 1.807) is 0 Å². The molecule has 1 N–H and O–H groups in total. The minimum atomic E-state index is -3.42. The molecule has 3 rings (SSSR count). The normalized spacial score (nSPS) is 22.7. The average molecular weight is 424 g/mol. The van der Waals surface area contributed by atoms with E-state index in [1.807, 2.05) is 24.3 Å². The van der Waals surface area contributed by atoms with Gasteiger partial charge in [-0.15, -0.1) is 0 Å². The molecule has 1 atom stereocenters. The van der Waals surface area contributed by atoms with Gasteiger partial charge >= 0.3 is 0 Å². The number of amides is 1. The molecule has 2 aliphatic rings. The maximum absolute atomic E-state index is 13.0. The number of fused-ring (bicyclic) bond motifs is 1. The standard InChI is InChI=1S/C21H33N3O4S/c1-5-21(6-2)15-18(17-9-7-8-10-19(17)28-21)22-20(25)16-11-13-24(14-12-16)29(26,27)23(3)4/h7-10,16,18H,5-6,11-15H2,1-4H3,(H,22,25)/t18-/m1/s1. The molecule has 0 spiro atoms. The van der Waals surface area contributed by atoms with Gasteiger partial charge in [0.15, 0.2) is 0 Å². The molecule has 0 aromatic heterocycles. The van der Waals surface area contributed by atoms with Gasteiger partial charge in [0.05, 0.1) is 6.04 Å². The molecule has 1 aromatic carbocycles. The number of hydrogen-bond donors (Lipinski definition) is 1. The molecule has 1 aromatic rings. The fourth-order valence-corrected chi connectivity index (χ4v) is 5.43. The number of benzene rings is 1. The zero-order chi connectivity index (χ0) is 21.2. The molecule has 0 saturated carbocycles. The van der Waals surface area contributed by atoms with Crippen LogP contribution in [0.15, 0.2) is 24.3 Å². The lowest BCUT2D eigenvalue weighted by atomic mass is 9.83. The Morgan fingerprint density at radius 3 is 2.41 bits per heavy atom. The van der Waals surface area contributed by atoms with Crippen molar-refractivity contribution in [2.45, 2.75) is 57.6 Å². The van der Waals surface area contributed by atoms with Gasteiger partial charge in [0.1, 0.15) is 11.4 Å². The summed E-state index contributed by atoms with van der Waals surface area (Å²) in [5, 5.41) is 3.25. The van der Waals surface area contributed by atoms with Gasteiger partial charge in [-0.05, 0) is 31.7 Å². The van der Waals surface area contributed by atoms with Crippen molar-refractivity contribution >= 4 is 16.1 Å². The van der Waals surface area contributed by atoms with Gasteiger partial charge in [-0.3, -0.25) is 4.79 Å². The smallest absolute Gasteiger partial charge is 0.281 e. The van der Waals surface area contributed by atoms with Crippen LogP contribution in [-0.2, 0) is 15.0 Å². The summed E-state index contributed by atoms with van der Waals surface area (Å²) in [7, 11) is -0.356. The summed E-state index contributed by atoms with van der Waals surface area (Å²) in [6, 6.07) is 7.83. The number of para-hydroxylation sites is 1. The molecule has 1 amide bonds. The van der Waals surface area contributed by atoms with Crippen molar-refractivity contribution in [3.05, 3.63) is 29.8 Å². The lowest BCUT2D eigenvalue weighted by Crippen LogP contribution is -2.49. The Morgan fingerprint density at radius 1 is 1.21 bits per heavy atom. The zero-order valence-corrected chi connectivity index (χ0v) is 18.7. The summed E-state index contributed by atoms with van der Waals surface area (Å²) in [5.74, 6) is 0.686. The number of piperidine rings is 1. The highest BCUT2D eigenvalue weighted by atomic mass is 32.2. The van der Waals surface area contributed by atoms with Crippen molar-refractivity contribution in [2.75, 3.05) is 27.2 Å². The van der Waals surface area contributed by atoms with E-state index in [1.165, 1.54) is 22.7 Å². The minimum Gasteiger partial charge on any atom is -0.487 e. The SMILES string of the molecule is CCC1(CC)C[C@@H](NC(=O)C2CCN(S(=O)(=O)N(C)C)CC2)c2ccccc2O1. The van der Waals surface area contributed by atoms with Gasteiger partial charge in [0.25, 0.3) is 10.2 Å². The third-order valence-electron chi connectivity index (χ3n) is 6.41. The third-order valence-corrected chi connectivity index (χ3v) is 8.36. The fourth-order valence-electron chi connectivity index (χ4n) is 4.30. The van der Waals surface area contributed by atoms with Crippen LogP contribution < -0.4 is 10.1 Å². The molecule has 0 unspecified atom stereocenters. The highest BCUT2D eigenvalue weighted by Crippen LogP contribution is 2.42. The summed E-state index contributed by atoms with van der Waals surface area (Å²) >= 11 is 0. The Balaban J connectivity index is 1.69. The van der Waals surface area contributed by atoms with Crippen LogP contribution in [0, 0.1) is 5.92 Å². The maximum atomic E-state index is 13.0. The van der Waals surface area contributed by atoms with Gasteiger partial charge in [-0.25, -0.2) is 0 Å². The van der Waals surface area contributed by atoms with Crippen LogP contribution >= 0.6 is 0 Å². The number of carbonyl (C=O) groups is 1. The van der Waals surface area contributed by atoms with E-state index in [0.29, 0.717) is 25.9 Å². The third kappa shape index (κ3) is 4.44. The van der Waals surface area contributed by atoms with Crippen LogP contribution in [0.1, 0.15) is 57.6 Å². The van der Waals surface area contributed by atoms with Crippen LogP contribution in [-0.4, -0.2) is 55.7 Å². The quantitative estimate of drug-likeness (QED) is 0.763. The van der Waals surface area contributed by atoms with Crippen molar-refractivity contribution < 1.29 is 17.9 Å². The van der Waals surface area contributed by atoms with Gasteiger partial charge in [0, 0.05) is 45.1 Å². The summed E-state index contributed by atoms with van der Waals surface area (Å²) < 4.78 is 33.6. The van der Waals surface area contributed by atoms with Gasteiger partial charge in [-0.1, -0.05) is 32.0 Å². The minimum absolute atomic E-state index is 0.00899. The van der Waals surface area contributed by atoms with Gasteiger partial charge in [0.2, 0.25) is 5.91 Å². The van der Waals surface area contributed by atoms with Gasteiger partial charge < -0.3 is 10.1 Å². The largest absolute Gasteiger partial charge is 0.487 e. The summed E-state index contributed by atoms with van der Waals surface area (Å²) in [5.41, 5.74) is 0.751. The molecule has 2 heterocycles. The molecule has 29 heavy (non-hydrogen) atoms. The average Bonchev–Trinajstić information content (AvgIpc) is 2.73. The molecule has 2 aliphatic heterocycles. The molecule has 8 heteroatoms. The van der Waals surface area contributed by atoms with E-state index in [2.05, 4.69) is 19.2 Å². The van der Waals surface area contributed by atoms with Crippen molar-refractivity contribution in [3.63, 3.8) is 0 Å². The molecule has 0 radical (unpaired) electrons. The van der Waals surface area contributed by atoms with E-state index < -0.39 is 10.2 Å². The number of rotatable bonds is 6. The second-order valence-corrected chi connectivity index (χ2v) is 10.4. The summed E-state index contributed by atoms with van der Waals surface area (Å²) in [6.45, 7) is 4.99. The molecular weight excluding hydrogens is 390 g/mol. The van der Waals surface area contributed by atoms with Crippen molar-refractivity contribution in [2.24, 2.45) is 5.92 Å². The van der Waals surface area contributed by atoms with Crippen LogP contribution in [0.4, 0.5) is 0 Å². The Hall–Kier alpha value is -1.64. The molecule has 0 aliphatic carbocycles. The van der Waals surface area contributed by atoms with Crippen LogP contribution in [0.25, 0.3) is 0 Å². The van der Waals surface area contributed by atoms with E-state index in [0.717, 1.165) is 30.6 Å². The zero-order valence-electron chi connectivity index (χ0n) is 17.8. The fraction of sp³-hybridized carbons (Fsp3) is 0.667. The highest BCUT2D eigenvalue weighted by molar-refractivity contribution is 7.86. The number of ether oxygens (including phenoxy) is 1. The Labute approximate surface area is 174 Å². The number of carbonyl (C=O) groups excluding carboxylic acids is 1. The molecule has 162 valence electrons. The van der Waals surface area contributed by atoms with E-state index in [-0.39, 0.29) is 23.5 Å². The monoisotopic (exact) mass is 423 g/mol. The van der Waals surface area contributed by atoms with Gasteiger partial charge in [-0.2, -0.15) is 17.0 Å². The number of nitrogens with zero attached hydrogens (tertiary/aromatic N) is 2. The summed E-state index contributed by atoms with van der Waals surface area (Å²) in [6.07, 6.45) is 3.58. The number of nitrogens with one attached hydrogen (secondary N) is 1. The topological polar surface area (TPSA) is 79.0 Å². The lowest BCUT2D eigenvalue weighted by Gasteiger charge is -2.42.